The van der Waals surface area contributed by atoms with Crippen molar-refractivity contribution in [2.45, 2.75) is 37.3 Å². The first-order valence-corrected chi connectivity index (χ1v) is 10.3. The van der Waals surface area contributed by atoms with Gasteiger partial charge in [-0.1, -0.05) is 0 Å². The molecule has 3 aliphatic heterocycles. The van der Waals surface area contributed by atoms with E-state index in [0.717, 1.165) is 32.2 Å². The van der Waals surface area contributed by atoms with Gasteiger partial charge in [0.2, 0.25) is 0 Å². The van der Waals surface area contributed by atoms with Crippen molar-refractivity contribution in [2.75, 3.05) is 46.5 Å². The lowest BCUT2D eigenvalue weighted by atomic mass is 9.86. The number of ether oxygens (including phenoxy) is 2. The van der Waals surface area contributed by atoms with Crippen LogP contribution >= 0.6 is 0 Å². The predicted octanol–water partition coefficient (Wildman–Crippen LogP) is 2.11. The molecule has 8 heteroatoms. The van der Waals surface area contributed by atoms with Crippen LogP contribution in [0.1, 0.15) is 25.7 Å². The molecule has 3 aliphatic rings. The van der Waals surface area contributed by atoms with E-state index in [4.69, 9.17) is 9.47 Å². The molecule has 158 valence electrons. The lowest BCUT2D eigenvalue weighted by molar-refractivity contribution is -0.135. The van der Waals surface area contributed by atoms with Gasteiger partial charge in [0, 0.05) is 45.9 Å². The summed E-state index contributed by atoms with van der Waals surface area (Å²) in [4.78, 5) is 31.1. The van der Waals surface area contributed by atoms with Crippen LogP contribution in [0.2, 0.25) is 0 Å². The summed E-state index contributed by atoms with van der Waals surface area (Å²) in [5.41, 5.74) is -0.132. The van der Waals surface area contributed by atoms with Gasteiger partial charge in [0.1, 0.15) is 11.6 Å². The highest BCUT2D eigenvalue weighted by Gasteiger charge is 2.52. The topological polar surface area (TPSA) is 62.3 Å². The Balaban J connectivity index is 1.33. The summed E-state index contributed by atoms with van der Waals surface area (Å²) in [6.45, 7) is 3.28. The molecule has 4 rings (SSSR count). The highest BCUT2D eigenvalue weighted by molar-refractivity contribution is 5.79. The van der Waals surface area contributed by atoms with Gasteiger partial charge in [-0.25, -0.2) is 9.18 Å². The van der Waals surface area contributed by atoms with Crippen LogP contribution in [-0.2, 0) is 9.53 Å². The van der Waals surface area contributed by atoms with Gasteiger partial charge in [-0.05, 0) is 49.9 Å². The number of amides is 3. The minimum atomic E-state index is -0.338. The Kier molecular flexibility index (Phi) is 5.63. The second kappa shape index (κ2) is 8.18. The lowest BCUT2D eigenvalue weighted by Gasteiger charge is -2.46. The molecule has 0 bridgehead atoms. The molecule has 29 heavy (non-hydrogen) atoms. The normalized spacial score (nSPS) is 22.4. The third kappa shape index (κ3) is 4.03. The van der Waals surface area contributed by atoms with E-state index in [0.29, 0.717) is 32.1 Å². The molecule has 1 aromatic carbocycles. The number of likely N-dealkylation sites (tertiary alicyclic amines) is 1. The van der Waals surface area contributed by atoms with Crippen LogP contribution in [0.4, 0.5) is 9.18 Å². The van der Waals surface area contributed by atoms with Crippen molar-refractivity contribution in [3.63, 3.8) is 0 Å². The number of carbonyl (C=O) groups is 2. The molecular formula is C21H28FN3O4. The van der Waals surface area contributed by atoms with Crippen LogP contribution in [0, 0.1) is 5.82 Å². The lowest BCUT2D eigenvalue weighted by Crippen LogP contribution is -2.58. The molecule has 0 aliphatic carbocycles. The number of likely N-dealkylation sites (N-methyl/N-ethyl adjacent to an activating group) is 1. The van der Waals surface area contributed by atoms with Crippen molar-refractivity contribution in [3.8, 4) is 5.75 Å². The van der Waals surface area contributed by atoms with Crippen molar-refractivity contribution < 1.29 is 23.5 Å². The molecule has 3 heterocycles. The zero-order valence-corrected chi connectivity index (χ0v) is 16.8. The van der Waals surface area contributed by atoms with E-state index in [1.54, 1.807) is 4.90 Å². The third-order valence-corrected chi connectivity index (χ3v) is 6.36. The Morgan fingerprint density at radius 3 is 2.52 bits per heavy atom. The number of nitrogens with zero attached hydrogens (tertiary/aromatic N) is 3. The van der Waals surface area contributed by atoms with Crippen molar-refractivity contribution in [3.05, 3.63) is 30.1 Å². The van der Waals surface area contributed by atoms with E-state index in [1.165, 1.54) is 24.3 Å². The first-order valence-electron chi connectivity index (χ1n) is 10.3. The molecule has 1 aromatic rings. The van der Waals surface area contributed by atoms with Crippen LogP contribution in [0.15, 0.2) is 24.3 Å². The second-order valence-electron chi connectivity index (χ2n) is 8.20. The molecule has 0 radical (unpaired) electrons. The van der Waals surface area contributed by atoms with E-state index in [9.17, 15) is 14.0 Å². The highest BCUT2D eigenvalue weighted by Crippen LogP contribution is 2.38. The summed E-state index contributed by atoms with van der Waals surface area (Å²) in [5, 5.41) is 0. The molecule has 0 aromatic heterocycles. The minimum absolute atomic E-state index is 0.0665. The Labute approximate surface area is 170 Å². The van der Waals surface area contributed by atoms with Gasteiger partial charge >= 0.3 is 6.03 Å². The van der Waals surface area contributed by atoms with Crippen molar-refractivity contribution in [2.24, 2.45) is 0 Å². The molecule has 0 atom stereocenters. The average molecular weight is 405 g/mol. The fourth-order valence-corrected chi connectivity index (χ4v) is 4.81. The van der Waals surface area contributed by atoms with Crippen LogP contribution < -0.4 is 4.74 Å². The fourth-order valence-electron chi connectivity index (χ4n) is 4.81. The number of carbonyl (C=O) groups excluding carboxylic acids is 2. The van der Waals surface area contributed by atoms with Gasteiger partial charge in [0.15, 0.2) is 6.61 Å². The van der Waals surface area contributed by atoms with Crippen LogP contribution in [0.25, 0.3) is 0 Å². The Morgan fingerprint density at radius 2 is 1.86 bits per heavy atom. The molecular weight excluding hydrogens is 377 g/mol. The first kappa shape index (κ1) is 19.9. The average Bonchev–Trinajstić information content (AvgIpc) is 2.97. The van der Waals surface area contributed by atoms with Gasteiger partial charge in [-0.2, -0.15) is 0 Å². The third-order valence-electron chi connectivity index (χ3n) is 6.36. The molecule has 1 spiro atoms. The Hall–Kier alpha value is -2.35. The van der Waals surface area contributed by atoms with Crippen molar-refractivity contribution in [1.82, 2.24) is 14.7 Å². The molecule has 0 unspecified atom stereocenters. The number of piperidine rings is 1. The highest BCUT2D eigenvalue weighted by atomic mass is 19.1. The molecule has 0 N–H and O–H groups in total. The molecule has 3 fully saturated rings. The Bertz CT molecular complexity index is 743. The quantitative estimate of drug-likeness (QED) is 0.770. The minimum Gasteiger partial charge on any atom is -0.484 e. The maximum atomic E-state index is 13.0. The van der Waals surface area contributed by atoms with Gasteiger partial charge < -0.3 is 24.2 Å². The molecule has 0 saturated carbocycles. The van der Waals surface area contributed by atoms with Gasteiger partial charge in [-0.3, -0.25) is 4.79 Å². The van der Waals surface area contributed by atoms with E-state index in [1.807, 2.05) is 11.9 Å². The Morgan fingerprint density at radius 1 is 1.21 bits per heavy atom. The summed E-state index contributed by atoms with van der Waals surface area (Å²) in [6.07, 6.45) is 3.27. The summed E-state index contributed by atoms with van der Waals surface area (Å²) >= 11 is 0. The number of urea groups is 1. The van der Waals surface area contributed by atoms with Gasteiger partial charge in [0.05, 0.1) is 5.54 Å². The van der Waals surface area contributed by atoms with Gasteiger partial charge in [0.25, 0.3) is 5.91 Å². The standard InChI is InChI=1S/C21H28FN3O4/c1-23-15-21(8-12-28-13-9-21)25(20(23)27)17-6-10-24(11-7-17)19(26)14-29-18-4-2-16(22)3-5-18/h2-5,17H,6-15H2,1H3. The second-order valence-corrected chi connectivity index (χ2v) is 8.20. The van der Waals surface area contributed by atoms with E-state index in [2.05, 4.69) is 4.90 Å². The summed E-state index contributed by atoms with van der Waals surface area (Å²) in [7, 11) is 1.87. The molecule has 3 amide bonds. The fraction of sp³-hybridized carbons (Fsp3) is 0.619. The molecule has 7 nitrogen and oxygen atoms in total. The zero-order chi connectivity index (χ0) is 20.4. The zero-order valence-electron chi connectivity index (χ0n) is 16.8. The number of halogens is 1. The van der Waals surface area contributed by atoms with E-state index < -0.39 is 0 Å². The monoisotopic (exact) mass is 405 g/mol. The van der Waals surface area contributed by atoms with Gasteiger partial charge in [-0.15, -0.1) is 0 Å². The van der Waals surface area contributed by atoms with Crippen LogP contribution in [0.5, 0.6) is 5.75 Å². The number of rotatable bonds is 4. The smallest absolute Gasteiger partial charge is 0.320 e. The van der Waals surface area contributed by atoms with E-state index in [-0.39, 0.29) is 35.9 Å². The number of benzene rings is 1. The summed E-state index contributed by atoms with van der Waals surface area (Å²) < 4.78 is 24.0. The largest absolute Gasteiger partial charge is 0.484 e. The number of hydrogen-bond donors (Lipinski definition) is 0. The van der Waals surface area contributed by atoms with E-state index >= 15 is 0 Å². The van der Waals surface area contributed by atoms with Crippen LogP contribution in [0.3, 0.4) is 0 Å². The first-order chi connectivity index (χ1) is 14.0. The molecule has 3 saturated heterocycles. The maximum absolute atomic E-state index is 13.0. The van der Waals surface area contributed by atoms with Crippen molar-refractivity contribution in [1.29, 1.82) is 0 Å². The summed E-state index contributed by atoms with van der Waals surface area (Å²) in [5.74, 6) is 0.0513. The van der Waals surface area contributed by atoms with Crippen molar-refractivity contribution >= 4 is 11.9 Å². The van der Waals surface area contributed by atoms with Crippen LogP contribution in [-0.4, -0.2) is 84.7 Å². The summed E-state index contributed by atoms with van der Waals surface area (Å²) in [6, 6.07) is 5.88. The SMILES string of the molecule is CN1CC2(CCOCC2)N(C2CCN(C(=O)COc3ccc(F)cc3)CC2)C1=O. The number of hydrogen-bond acceptors (Lipinski definition) is 4. The maximum Gasteiger partial charge on any atom is 0.320 e. The predicted molar refractivity (Wildman–Crippen MR) is 104 cm³/mol.